The van der Waals surface area contributed by atoms with Crippen LogP contribution in [0.4, 0.5) is 0 Å². The van der Waals surface area contributed by atoms with Gasteiger partial charge < -0.3 is 29.9 Å². The SMILES string of the molecule is COc1cc(O)c2c(c1O)[C@@H](O)[C@H]1C[C@](C)(O)OC[C@@H]1C2=O. The molecule has 1 fully saturated rings. The van der Waals surface area contributed by atoms with Gasteiger partial charge in [0, 0.05) is 24.0 Å². The van der Waals surface area contributed by atoms with Crippen LogP contribution in [0.5, 0.6) is 17.2 Å². The summed E-state index contributed by atoms with van der Waals surface area (Å²) < 4.78 is 10.2. The number of benzene rings is 1. The van der Waals surface area contributed by atoms with Crippen LogP contribution in [0.2, 0.25) is 0 Å². The quantitative estimate of drug-likeness (QED) is 0.564. The van der Waals surface area contributed by atoms with Crippen molar-refractivity contribution in [1.82, 2.24) is 0 Å². The predicted molar refractivity (Wildman–Crippen MR) is 73.8 cm³/mol. The van der Waals surface area contributed by atoms with Gasteiger partial charge in [-0.05, 0) is 6.92 Å². The van der Waals surface area contributed by atoms with Gasteiger partial charge in [-0.1, -0.05) is 0 Å². The fraction of sp³-hybridized carbons (Fsp3) is 0.533. The van der Waals surface area contributed by atoms with Crippen molar-refractivity contribution in [1.29, 1.82) is 0 Å². The lowest BCUT2D eigenvalue weighted by molar-refractivity contribution is -0.242. The summed E-state index contributed by atoms with van der Waals surface area (Å²) in [6.07, 6.45) is -1.17. The van der Waals surface area contributed by atoms with Crippen molar-refractivity contribution in [2.75, 3.05) is 13.7 Å². The van der Waals surface area contributed by atoms with E-state index in [4.69, 9.17) is 9.47 Å². The van der Waals surface area contributed by atoms with Gasteiger partial charge in [0.1, 0.15) is 5.75 Å². The lowest BCUT2D eigenvalue weighted by Crippen LogP contribution is -2.49. The number of methoxy groups -OCH3 is 1. The van der Waals surface area contributed by atoms with Crippen LogP contribution in [0, 0.1) is 11.8 Å². The van der Waals surface area contributed by atoms with E-state index in [-0.39, 0.29) is 41.4 Å². The zero-order valence-corrected chi connectivity index (χ0v) is 12.2. The number of hydrogen-bond acceptors (Lipinski definition) is 7. The van der Waals surface area contributed by atoms with Gasteiger partial charge in [-0.15, -0.1) is 0 Å². The maximum Gasteiger partial charge on any atom is 0.172 e. The number of ether oxygens (including phenoxy) is 2. The molecule has 1 aliphatic heterocycles. The molecule has 1 heterocycles. The van der Waals surface area contributed by atoms with E-state index >= 15 is 0 Å². The van der Waals surface area contributed by atoms with Gasteiger partial charge in [0.2, 0.25) is 0 Å². The number of hydrogen-bond donors (Lipinski definition) is 4. The second-order valence-electron chi connectivity index (χ2n) is 6.00. The molecule has 4 atom stereocenters. The third-order valence-corrected chi connectivity index (χ3v) is 4.49. The number of ketones is 1. The van der Waals surface area contributed by atoms with Crippen molar-refractivity contribution in [3.05, 3.63) is 17.2 Å². The Bertz CT molecular complexity index is 637. The molecule has 4 N–H and O–H groups in total. The molecule has 1 aromatic rings. The number of carbonyl (C=O) groups excluding carboxylic acids is 1. The highest BCUT2D eigenvalue weighted by molar-refractivity contribution is 6.04. The smallest absolute Gasteiger partial charge is 0.172 e. The molecule has 120 valence electrons. The summed E-state index contributed by atoms with van der Waals surface area (Å²) in [6.45, 7) is 1.40. The van der Waals surface area contributed by atoms with Crippen LogP contribution in [-0.2, 0) is 4.74 Å². The summed E-state index contributed by atoms with van der Waals surface area (Å²) in [5.41, 5.74) is -0.169. The summed E-state index contributed by atoms with van der Waals surface area (Å²) in [5.74, 6) is -3.92. The van der Waals surface area contributed by atoms with Gasteiger partial charge in [-0.3, -0.25) is 4.79 Å². The molecular weight excluding hydrogens is 292 g/mol. The zero-order chi connectivity index (χ0) is 16.2. The van der Waals surface area contributed by atoms with Gasteiger partial charge in [0.15, 0.2) is 23.1 Å². The molecule has 0 amide bonds. The number of carbonyl (C=O) groups is 1. The van der Waals surface area contributed by atoms with E-state index in [1.165, 1.54) is 14.0 Å². The van der Waals surface area contributed by atoms with Crippen molar-refractivity contribution in [2.45, 2.75) is 25.2 Å². The van der Waals surface area contributed by atoms with Crippen LogP contribution in [0.25, 0.3) is 0 Å². The molecule has 2 aliphatic rings. The van der Waals surface area contributed by atoms with Crippen LogP contribution in [0.1, 0.15) is 35.4 Å². The molecule has 22 heavy (non-hydrogen) atoms. The lowest BCUT2D eigenvalue weighted by Gasteiger charge is -2.44. The standard InChI is InChI=1S/C15H18O7/c1-15(20)4-6-7(5-22-15)13(18)10-8(16)3-9(21-2)14(19)11(10)12(6)17/h3,6-7,12,16-17,19-20H,4-5H2,1-2H3/t6-,7-,12-,15+/m0/s1. The Balaban J connectivity index is 2.17. The molecule has 1 saturated heterocycles. The molecule has 7 nitrogen and oxygen atoms in total. The second-order valence-corrected chi connectivity index (χ2v) is 6.00. The van der Waals surface area contributed by atoms with E-state index in [0.717, 1.165) is 6.07 Å². The Kier molecular flexibility index (Phi) is 3.32. The Morgan fingerprint density at radius 1 is 1.41 bits per heavy atom. The number of aliphatic hydroxyl groups is 2. The average molecular weight is 310 g/mol. The highest BCUT2D eigenvalue weighted by Crippen LogP contribution is 2.52. The minimum absolute atomic E-state index is 0.0274. The topological polar surface area (TPSA) is 116 Å². The first kappa shape index (κ1) is 15.1. The molecular formula is C15H18O7. The molecule has 1 aromatic carbocycles. The Labute approximate surface area is 126 Å². The number of aliphatic hydroxyl groups excluding tert-OH is 1. The van der Waals surface area contributed by atoms with E-state index in [2.05, 4.69) is 0 Å². The number of phenols is 2. The third kappa shape index (κ3) is 2.05. The van der Waals surface area contributed by atoms with Crippen molar-refractivity contribution >= 4 is 5.78 Å². The summed E-state index contributed by atoms with van der Waals surface area (Å²) in [6, 6.07) is 1.14. The summed E-state index contributed by atoms with van der Waals surface area (Å²) >= 11 is 0. The van der Waals surface area contributed by atoms with Crippen LogP contribution < -0.4 is 4.74 Å². The van der Waals surface area contributed by atoms with Gasteiger partial charge in [0.25, 0.3) is 0 Å². The molecule has 0 bridgehead atoms. The number of rotatable bonds is 1. The average Bonchev–Trinajstić information content (AvgIpc) is 2.45. The van der Waals surface area contributed by atoms with E-state index in [1.807, 2.05) is 0 Å². The van der Waals surface area contributed by atoms with Gasteiger partial charge >= 0.3 is 0 Å². The van der Waals surface area contributed by atoms with Crippen molar-refractivity contribution < 1.29 is 34.7 Å². The van der Waals surface area contributed by atoms with E-state index in [1.54, 1.807) is 0 Å². The number of phenolic OH excluding ortho intramolecular Hbond substituents is 2. The minimum atomic E-state index is -1.45. The Hall–Kier alpha value is -1.83. The van der Waals surface area contributed by atoms with Crippen LogP contribution in [0.3, 0.4) is 0 Å². The fourth-order valence-corrected chi connectivity index (χ4v) is 3.39. The number of fused-ring (bicyclic) bond motifs is 2. The highest BCUT2D eigenvalue weighted by atomic mass is 16.6. The molecule has 0 saturated carbocycles. The maximum atomic E-state index is 12.6. The molecule has 1 aliphatic carbocycles. The number of Topliss-reactive ketones (excluding diaryl/α,β-unsaturated/α-hetero) is 1. The molecule has 0 unspecified atom stereocenters. The Morgan fingerprint density at radius 3 is 2.73 bits per heavy atom. The van der Waals surface area contributed by atoms with Crippen molar-refractivity contribution in [2.24, 2.45) is 11.8 Å². The Morgan fingerprint density at radius 2 is 2.09 bits per heavy atom. The highest BCUT2D eigenvalue weighted by Gasteiger charge is 2.50. The van der Waals surface area contributed by atoms with Crippen LogP contribution in [-0.4, -0.2) is 45.7 Å². The monoisotopic (exact) mass is 310 g/mol. The summed E-state index contributed by atoms with van der Waals surface area (Å²) in [4.78, 5) is 12.6. The van der Waals surface area contributed by atoms with Crippen LogP contribution >= 0.6 is 0 Å². The van der Waals surface area contributed by atoms with Crippen LogP contribution in [0.15, 0.2) is 6.07 Å². The molecule has 7 heteroatoms. The van der Waals surface area contributed by atoms with Crippen molar-refractivity contribution in [3.8, 4) is 17.2 Å². The normalized spacial score (nSPS) is 34.0. The second kappa shape index (κ2) is 4.84. The fourth-order valence-electron chi connectivity index (χ4n) is 3.39. The van der Waals surface area contributed by atoms with Gasteiger partial charge in [0.05, 0.1) is 31.3 Å². The largest absolute Gasteiger partial charge is 0.507 e. The zero-order valence-electron chi connectivity index (χ0n) is 12.2. The van der Waals surface area contributed by atoms with E-state index in [0.29, 0.717) is 0 Å². The molecule has 0 spiro atoms. The molecule has 0 radical (unpaired) electrons. The maximum absolute atomic E-state index is 12.6. The van der Waals surface area contributed by atoms with Crippen molar-refractivity contribution in [3.63, 3.8) is 0 Å². The summed E-state index contributed by atoms with van der Waals surface area (Å²) in [5, 5.41) is 40.9. The first-order valence-electron chi connectivity index (χ1n) is 6.98. The van der Waals surface area contributed by atoms with Gasteiger partial charge in [-0.25, -0.2) is 0 Å². The molecule has 3 rings (SSSR count). The van der Waals surface area contributed by atoms with Gasteiger partial charge in [-0.2, -0.15) is 0 Å². The first-order valence-corrected chi connectivity index (χ1v) is 6.98. The first-order chi connectivity index (χ1) is 10.3. The third-order valence-electron chi connectivity index (χ3n) is 4.49. The predicted octanol–water partition coefficient (Wildman–Crippen LogP) is 0.697. The van der Waals surface area contributed by atoms with E-state index < -0.39 is 29.5 Å². The van der Waals surface area contributed by atoms with E-state index in [9.17, 15) is 25.2 Å². The molecule has 0 aromatic heterocycles. The minimum Gasteiger partial charge on any atom is -0.507 e. The lowest BCUT2D eigenvalue weighted by atomic mass is 9.69. The number of aromatic hydroxyl groups is 2. The summed E-state index contributed by atoms with van der Waals surface area (Å²) in [7, 11) is 1.31.